The van der Waals surface area contributed by atoms with Gasteiger partial charge in [-0.1, -0.05) is 58.4 Å². The van der Waals surface area contributed by atoms with E-state index in [0.717, 1.165) is 0 Å². The van der Waals surface area contributed by atoms with Crippen LogP contribution in [0.3, 0.4) is 0 Å². The third kappa shape index (κ3) is 1.25. The predicted octanol–water partition coefficient (Wildman–Crippen LogP) is 3.16. The van der Waals surface area contributed by atoms with E-state index in [2.05, 4.69) is 40.7 Å². The Kier molecular flexibility index (Phi) is 2.17. The van der Waals surface area contributed by atoms with Crippen molar-refractivity contribution in [1.82, 2.24) is 0 Å². The van der Waals surface area contributed by atoms with Gasteiger partial charge in [0.25, 0.3) is 0 Å². The molecule has 3 unspecified atom stereocenters. The van der Waals surface area contributed by atoms with Gasteiger partial charge in [0.15, 0.2) is 0 Å². The Labute approximate surface area is 92.9 Å². The highest BCUT2D eigenvalue weighted by Crippen LogP contribution is 2.61. The number of rotatable bonds is 0. The molecule has 0 aromatic rings. The van der Waals surface area contributed by atoms with E-state index < -0.39 is 0 Å². The molecule has 0 spiro atoms. The van der Waals surface area contributed by atoms with Crippen molar-refractivity contribution in [3.8, 4) is 0 Å². The molecule has 2 rings (SSSR count). The predicted molar refractivity (Wildman–Crippen MR) is 63.4 cm³/mol. The zero-order valence-corrected chi connectivity index (χ0v) is 10.4. The molecule has 0 aromatic carbocycles. The second-order valence-electron chi connectivity index (χ2n) is 6.24. The van der Waals surface area contributed by atoms with Crippen molar-refractivity contribution in [3.63, 3.8) is 0 Å². The van der Waals surface area contributed by atoms with E-state index in [1.54, 1.807) is 0 Å². The summed E-state index contributed by atoms with van der Waals surface area (Å²) in [6.07, 6.45) is 5.84. The standard InChI is InChI=1S/C14H22O/c1-9-13(2,3)10-7-6-8-11(15)12(10)14(9,4)5/h6-9,11-12,15H,1-5H3. The second kappa shape index (κ2) is 2.98. The second-order valence-corrected chi connectivity index (χ2v) is 6.24. The van der Waals surface area contributed by atoms with Crippen molar-refractivity contribution in [2.24, 2.45) is 22.7 Å². The topological polar surface area (TPSA) is 20.2 Å². The van der Waals surface area contributed by atoms with Gasteiger partial charge in [-0.15, -0.1) is 0 Å². The molecule has 1 saturated carbocycles. The molecule has 0 radical (unpaired) electrons. The lowest BCUT2D eigenvalue weighted by Gasteiger charge is -2.35. The van der Waals surface area contributed by atoms with E-state index in [4.69, 9.17) is 0 Å². The van der Waals surface area contributed by atoms with Gasteiger partial charge in [0.05, 0.1) is 6.10 Å². The van der Waals surface area contributed by atoms with Crippen LogP contribution >= 0.6 is 0 Å². The number of hydrogen-bond donors (Lipinski definition) is 1. The summed E-state index contributed by atoms with van der Waals surface area (Å²) in [5, 5.41) is 10.1. The monoisotopic (exact) mass is 206 g/mol. The van der Waals surface area contributed by atoms with E-state index in [0.29, 0.717) is 11.8 Å². The van der Waals surface area contributed by atoms with Gasteiger partial charge in [-0.25, -0.2) is 0 Å². The molecule has 84 valence electrons. The lowest BCUT2D eigenvalue weighted by atomic mass is 9.71. The molecule has 15 heavy (non-hydrogen) atoms. The van der Waals surface area contributed by atoms with Crippen LogP contribution in [0.1, 0.15) is 34.6 Å². The third-order valence-electron chi connectivity index (χ3n) is 5.00. The molecule has 1 N–H and O–H groups in total. The molecule has 1 fully saturated rings. The van der Waals surface area contributed by atoms with Gasteiger partial charge >= 0.3 is 0 Å². The van der Waals surface area contributed by atoms with Crippen LogP contribution in [0.2, 0.25) is 0 Å². The average Bonchev–Trinajstić information content (AvgIpc) is 2.27. The molecule has 1 heteroatoms. The summed E-state index contributed by atoms with van der Waals surface area (Å²) < 4.78 is 0. The maximum atomic E-state index is 10.1. The Morgan fingerprint density at radius 2 is 1.80 bits per heavy atom. The highest BCUT2D eigenvalue weighted by Gasteiger charge is 2.56. The Hall–Kier alpha value is -0.560. The van der Waals surface area contributed by atoms with Crippen molar-refractivity contribution in [1.29, 1.82) is 0 Å². The van der Waals surface area contributed by atoms with Gasteiger partial charge in [-0.05, 0) is 16.7 Å². The lowest BCUT2D eigenvalue weighted by molar-refractivity contribution is 0.0760. The number of allylic oxidation sites excluding steroid dienone is 2. The quantitative estimate of drug-likeness (QED) is 0.645. The summed E-state index contributed by atoms with van der Waals surface area (Å²) in [5.74, 6) is 0.892. The average molecular weight is 206 g/mol. The van der Waals surface area contributed by atoms with Crippen LogP contribution in [0.25, 0.3) is 0 Å². The molecule has 2 aliphatic rings. The van der Waals surface area contributed by atoms with Crippen LogP contribution < -0.4 is 0 Å². The number of aliphatic hydroxyl groups excluding tert-OH is 1. The van der Waals surface area contributed by atoms with Crippen LogP contribution in [-0.4, -0.2) is 11.2 Å². The minimum absolute atomic E-state index is 0.180. The van der Waals surface area contributed by atoms with Crippen molar-refractivity contribution >= 4 is 0 Å². The van der Waals surface area contributed by atoms with E-state index in [-0.39, 0.29) is 16.9 Å². The van der Waals surface area contributed by atoms with Gasteiger partial charge in [0, 0.05) is 5.92 Å². The zero-order chi connectivity index (χ0) is 11.4. The fourth-order valence-corrected chi connectivity index (χ4v) is 3.58. The maximum absolute atomic E-state index is 10.1. The van der Waals surface area contributed by atoms with Crippen LogP contribution in [0.15, 0.2) is 23.8 Å². The Bertz CT molecular complexity index is 333. The van der Waals surface area contributed by atoms with Gasteiger partial charge in [-0.3, -0.25) is 0 Å². The van der Waals surface area contributed by atoms with E-state index in [1.807, 2.05) is 12.2 Å². The first kappa shape index (κ1) is 10.9. The maximum Gasteiger partial charge on any atom is 0.0794 e. The van der Waals surface area contributed by atoms with Gasteiger partial charge in [0.1, 0.15) is 0 Å². The molecular formula is C14H22O. The van der Waals surface area contributed by atoms with E-state index in [1.165, 1.54) is 5.57 Å². The molecular weight excluding hydrogens is 184 g/mol. The van der Waals surface area contributed by atoms with Crippen LogP contribution in [0.4, 0.5) is 0 Å². The highest BCUT2D eigenvalue weighted by molar-refractivity contribution is 5.36. The lowest BCUT2D eigenvalue weighted by Crippen LogP contribution is -2.33. The minimum atomic E-state index is -0.302. The summed E-state index contributed by atoms with van der Waals surface area (Å²) in [4.78, 5) is 0. The van der Waals surface area contributed by atoms with Gasteiger partial charge in [0.2, 0.25) is 0 Å². The van der Waals surface area contributed by atoms with Crippen molar-refractivity contribution in [2.45, 2.75) is 40.7 Å². The SMILES string of the molecule is CC1C(C)(C)C2=CC=CC(O)C2C1(C)C. The summed E-state index contributed by atoms with van der Waals surface area (Å²) in [6, 6.07) is 0. The molecule has 0 bridgehead atoms. The van der Waals surface area contributed by atoms with Gasteiger partial charge in [-0.2, -0.15) is 0 Å². The summed E-state index contributed by atoms with van der Waals surface area (Å²) in [7, 11) is 0. The highest BCUT2D eigenvalue weighted by atomic mass is 16.3. The van der Waals surface area contributed by atoms with Gasteiger partial charge < -0.3 is 5.11 Å². The Morgan fingerprint density at radius 3 is 2.33 bits per heavy atom. The molecule has 0 amide bonds. The van der Waals surface area contributed by atoms with Crippen LogP contribution in [-0.2, 0) is 0 Å². The summed E-state index contributed by atoms with van der Waals surface area (Å²) in [6.45, 7) is 11.5. The Balaban J connectivity index is 2.54. The molecule has 2 aliphatic carbocycles. The molecule has 0 aliphatic heterocycles. The molecule has 3 atom stereocenters. The summed E-state index contributed by atoms with van der Waals surface area (Å²) >= 11 is 0. The summed E-state index contributed by atoms with van der Waals surface area (Å²) in [5.41, 5.74) is 1.81. The van der Waals surface area contributed by atoms with Crippen LogP contribution in [0, 0.1) is 22.7 Å². The van der Waals surface area contributed by atoms with E-state index in [9.17, 15) is 5.11 Å². The first-order valence-electron chi connectivity index (χ1n) is 5.86. The fourth-order valence-electron chi connectivity index (χ4n) is 3.58. The normalized spacial score (nSPS) is 41.2. The number of fused-ring (bicyclic) bond motifs is 1. The first-order chi connectivity index (χ1) is 6.79. The smallest absolute Gasteiger partial charge is 0.0794 e. The molecule has 1 nitrogen and oxygen atoms in total. The van der Waals surface area contributed by atoms with Crippen LogP contribution in [0.5, 0.6) is 0 Å². The molecule has 0 heterocycles. The third-order valence-corrected chi connectivity index (χ3v) is 5.00. The first-order valence-corrected chi connectivity index (χ1v) is 5.86. The van der Waals surface area contributed by atoms with Crippen molar-refractivity contribution < 1.29 is 5.11 Å². The van der Waals surface area contributed by atoms with E-state index >= 15 is 0 Å². The fraction of sp³-hybridized carbons (Fsp3) is 0.714. The van der Waals surface area contributed by atoms with Crippen molar-refractivity contribution in [3.05, 3.63) is 23.8 Å². The largest absolute Gasteiger partial charge is 0.388 e. The number of aliphatic hydroxyl groups is 1. The molecule has 0 saturated heterocycles. The zero-order valence-electron chi connectivity index (χ0n) is 10.4. The number of hydrogen-bond acceptors (Lipinski definition) is 1. The minimum Gasteiger partial charge on any atom is -0.388 e. The van der Waals surface area contributed by atoms with Crippen molar-refractivity contribution in [2.75, 3.05) is 0 Å². The molecule has 0 aromatic heterocycles. The Morgan fingerprint density at radius 1 is 1.20 bits per heavy atom.